The molecule has 0 aliphatic carbocycles. The summed E-state index contributed by atoms with van der Waals surface area (Å²) >= 11 is 0. The van der Waals surface area contributed by atoms with E-state index in [0.717, 1.165) is 24.7 Å². The summed E-state index contributed by atoms with van der Waals surface area (Å²) in [6.45, 7) is 8.44. The van der Waals surface area contributed by atoms with Crippen LogP contribution in [0.2, 0.25) is 0 Å². The van der Waals surface area contributed by atoms with Crippen LogP contribution >= 0.6 is 0 Å². The molecule has 0 bridgehead atoms. The van der Waals surface area contributed by atoms with Crippen LogP contribution in [-0.4, -0.2) is 64.9 Å². The maximum Gasteiger partial charge on any atom is 0.421 e. The number of alkyl halides is 3. The lowest BCUT2D eigenvalue weighted by Gasteiger charge is -2.34. The van der Waals surface area contributed by atoms with E-state index in [2.05, 4.69) is 37.4 Å². The van der Waals surface area contributed by atoms with Crippen molar-refractivity contribution in [2.45, 2.75) is 19.6 Å². The Balaban J connectivity index is 1.53. The number of hydrogen-bond acceptors (Lipinski definition) is 8. The number of nitrogens with one attached hydrogen (secondary N) is 3. The molecular formula is C28H30F3N7O3. The molecule has 0 saturated carbocycles. The number of aromatic nitrogens is 2. The van der Waals surface area contributed by atoms with E-state index in [1.165, 1.54) is 13.2 Å². The SMILES string of the molecule is C=CC(=O)Nc1cccc(Nc2nc(Nc3ccc(CN4CCN(C(C)=O)CC4)cc3OC)ncc2C(F)(F)F)c1. The molecule has 13 heteroatoms. The average Bonchev–Trinajstić information content (AvgIpc) is 2.93. The van der Waals surface area contributed by atoms with Gasteiger partial charge >= 0.3 is 6.18 Å². The number of rotatable bonds is 9. The molecule has 1 saturated heterocycles. The molecule has 1 aromatic heterocycles. The predicted molar refractivity (Wildman–Crippen MR) is 149 cm³/mol. The monoisotopic (exact) mass is 569 g/mol. The summed E-state index contributed by atoms with van der Waals surface area (Å²) in [7, 11) is 1.49. The first kappa shape index (κ1) is 29.3. The molecule has 0 spiro atoms. The third kappa shape index (κ3) is 7.72. The molecule has 216 valence electrons. The Hall–Kier alpha value is -4.65. The Labute approximate surface area is 235 Å². The molecule has 0 radical (unpaired) electrons. The van der Waals surface area contributed by atoms with Crippen molar-refractivity contribution < 1.29 is 27.5 Å². The fourth-order valence-electron chi connectivity index (χ4n) is 4.29. The standard InChI is InChI=1S/C28H30F3N7O3/c1-4-25(40)33-20-6-5-7-21(15-20)34-26-22(28(29,30)31)16-32-27(36-26)35-23-9-8-19(14-24(23)41-3)17-37-10-12-38(13-11-37)18(2)39/h4-9,14-16H,1,10-13,17H2,2-3H3,(H,33,40)(H2,32,34,35,36). The maximum atomic E-state index is 13.8. The molecule has 10 nitrogen and oxygen atoms in total. The summed E-state index contributed by atoms with van der Waals surface area (Å²) in [5.41, 5.74) is 1.02. The molecule has 2 amide bonds. The number of halogens is 3. The number of carbonyl (C=O) groups excluding carboxylic acids is 2. The van der Waals surface area contributed by atoms with Crippen molar-refractivity contribution in [2.75, 3.05) is 49.2 Å². The molecular weight excluding hydrogens is 539 g/mol. The van der Waals surface area contributed by atoms with Gasteiger partial charge in [0.25, 0.3) is 0 Å². The number of nitrogens with zero attached hydrogens (tertiary/aromatic N) is 4. The largest absolute Gasteiger partial charge is 0.495 e. The third-order valence-electron chi connectivity index (χ3n) is 6.41. The van der Waals surface area contributed by atoms with Gasteiger partial charge in [0.2, 0.25) is 17.8 Å². The zero-order valence-corrected chi connectivity index (χ0v) is 22.6. The molecule has 0 atom stereocenters. The minimum absolute atomic E-state index is 0.0659. The molecule has 1 aliphatic rings. The van der Waals surface area contributed by atoms with Crippen LogP contribution in [0.3, 0.4) is 0 Å². The van der Waals surface area contributed by atoms with Crippen LogP contribution in [0, 0.1) is 0 Å². The van der Waals surface area contributed by atoms with E-state index >= 15 is 0 Å². The minimum Gasteiger partial charge on any atom is -0.495 e. The van der Waals surface area contributed by atoms with Crippen molar-refractivity contribution in [1.29, 1.82) is 0 Å². The van der Waals surface area contributed by atoms with E-state index in [-0.39, 0.29) is 17.5 Å². The van der Waals surface area contributed by atoms with Gasteiger partial charge in [0.15, 0.2) is 0 Å². The Bertz CT molecular complexity index is 1420. The first-order valence-corrected chi connectivity index (χ1v) is 12.7. The topological polar surface area (TPSA) is 112 Å². The van der Waals surface area contributed by atoms with Crippen LogP contribution in [0.1, 0.15) is 18.1 Å². The molecule has 2 aromatic carbocycles. The van der Waals surface area contributed by atoms with Crippen LogP contribution < -0.4 is 20.7 Å². The highest BCUT2D eigenvalue weighted by molar-refractivity contribution is 5.99. The Kier molecular flexibility index (Phi) is 9.07. The third-order valence-corrected chi connectivity index (χ3v) is 6.41. The zero-order valence-electron chi connectivity index (χ0n) is 22.6. The van der Waals surface area contributed by atoms with Crippen molar-refractivity contribution in [3.05, 3.63) is 72.4 Å². The van der Waals surface area contributed by atoms with Gasteiger partial charge in [-0.15, -0.1) is 0 Å². The molecule has 0 unspecified atom stereocenters. The molecule has 2 heterocycles. The Morgan fingerprint density at radius 3 is 2.46 bits per heavy atom. The fraction of sp³-hybridized carbons (Fsp3) is 0.286. The predicted octanol–water partition coefficient (Wildman–Crippen LogP) is 4.78. The molecule has 3 N–H and O–H groups in total. The molecule has 1 fully saturated rings. The van der Waals surface area contributed by atoms with E-state index in [4.69, 9.17) is 4.74 Å². The summed E-state index contributed by atoms with van der Waals surface area (Å²) in [5, 5.41) is 8.18. The fourth-order valence-corrected chi connectivity index (χ4v) is 4.29. The summed E-state index contributed by atoms with van der Waals surface area (Å²) in [6, 6.07) is 11.6. The van der Waals surface area contributed by atoms with Gasteiger partial charge in [0.1, 0.15) is 17.1 Å². The second-order valence-electron chi connectivity index (χ2n) is 9.29. The van der Waals surface area contributed by atoms with Gasteiger partial charge in [0, 0.05) is 57.2 Å². The van der Waals surface area contributed by atoms with Gasteiger partial charge in [-0.3, -0.25) is 14.5 Å². The van der Waals surface area contributed by atoms with Gasteiger partial charge in [-0.05, 0) is 42.0 Å². The molecule has 3 aromatic rings. The minimum atomic E-state index is -4.72. The first-order valence-electron chi connectivity index (χ1n) is 12.7. The number of hydrogen-bond donors (Lipinski definition) is 3. The Morgan fingerprint density at radius 1 is 1.07 bits per heavy atom. The molecule has 1 aliphatic heterocycles. The second-order valence-corrected chi connectivity index (χ2v) is 9.29. The van der Waals surface area contributed by atoms with Crippen molar-refractivity contribution >= 4 is 40.6 Å². The van der Waals surface area contributed by atoms with Crippen LogP contribution in [0.15, 0.2) is 61.3 Å². The van der Waals surface area contributed by atoms with Gasteiger partial charge in [-0.1, -0.05) is 18.7 Å². The van der Waals surface area contributed by atoms with Crippen LogP contribution in [0.4, 0.5) is 42.0 Å². The second kappa shape index (κ2) is 12.7. The van der Waals surface area contributed by atoms with Gasteiger partial charge < -0.3 is 25.6 Å². The number of amides is 2. The van der Waals surface area contributed by atoms with E-state index in [0.29, 0.717) is 43.0 Å². The van der Waals surface area contributed by atoms with Crippen molar-refractivity contribution in [3.63, 3.8) is 0 Å². The number of piperazine rings is 1. The summed E-state index contributed by atoms with van der Waals surface area (Å²) in [4.78, 5) is 35.2. The summed E-state index contributed by atoms with van der Waals surface area (Å²) in [5.74, 6) is -0.475. The van der Waals surface area contributed by atoms with E-state index in [9.17, 15) is 22.8 Å². The highest BCUT2D eigenvalue weighted by Gasteiger charge is 2.35. The summed E-state index contributed by atoms with van der Waals surface area (Å²) < 4.78 is 46.8. The quantitative estimate of drug-likeness (QED) is 0.316. The number of ether oxygens (including phenoxy) is 1. The van der Waals surface area contributed by atoms with Crippen LogP contribution in [0.25, 0.3) is 0 Å². The lowest BCUT2D eigenvalue weighted by atomic mass is 10.1. The van der Waals surface area contributed by atoms with Crippen molar-refractivity contribution in [2.24, 2.45) is 0 Å². The highest BCUT2D eigenvalue weighted by Crippen LogP contribution is 2.36. The zero-order chi connectivity index (χ0) is 29.6. The molecule has 41 heavy (non-hydrogen) atoms. The first-order chi connectivity index (χ1) is 19.5. The van der Waals surface area contributed by atoms with E-state index in [1.54, 1.807) is 31.2 Å². The highest BCUT2D eigenvalue weighted by atomic mass is 19.4. The maximum absolute atomic E-state index is 13.8. The lowest BCUT2D eigenvalue weighted by molar-refractivity contribution is -0.137. The number of methoxy groups -OCH3 is 1. The van der Waals surface area contributed by atoms with Crippen molar-refractivity contribution in [3.8, 4) is 5.75 Å². The van der Waals surface area contributed by atoms with Gasteiger partial charge in [-0.25, -0.2) is 4.98 Å². The average molecular weight is 570 g/mol. The van der Waals surface area contributed by atoms with Crippen LogP contribution in [0.5, 0.6) is 5.75 Å². The van der Waals surface area contributed by atoms with Crippen LogP contribution in [-0.2, 0) is 22.3 Å². The smallest absolute Gasteiger partial charge is 0.421 e. The van der Waals surface area contributed by atoms with Gasteiger partial charge in [-0.2, -0.15) is 18.2 Å². The normalized spacial score (nSPS) is 13.8. The number of carbonyl (C=O) groups is 2. The number of benzene rings is 2. The molecule has 4 rings (SSSR count). The Morgan fingerprint density at radius 2 is 1.80 bits per heavy atom. The van der Waals surface area contributed by atoms with Crippen molar-refractivity contribution in [1.82, 2.24) is 19.8 Å². The number of anilines is 5. The van der Waals surface area contributed by atoms with E-state index < -0.39 is 23.5 Å². The lowest BCUT2D eigenvalue weighted by Crippen LogP contribution is -2.47. The van der Waals surface area contributed by atoms with Gasteiger partial charge in [0.05, 0.1) is 12.8 Å². The summed E-state index contributed by atoms with van der Waals surface area (Å²) in [6.07, 6.45) is -2.94. The van der Waals surface area contributed by atoms with E-state index in [1.807, 2.05) is 17.0 Å².